The molecule has 2 N–H and O–H groups in total. The van der Waals surface area contributed by atoms with Crippen LogP contribution in [-0.2, 0) is 0 Å². The van der Waals surface area contributed by atoms with E-state index in [0.717, 1.165) is 11.1 Å². The van der Waals surface area contributed by atoms with E-state index in [1.54, 1.807) is 30.3 Å². The van der Waals surface area contributed by atoms with E-state index in [0.29, 0.717) is 22.0 Å². The fraction of sp³-hybridized carbons (Fsp3) is 0.0455. The van der Waals surface area contributed by atoms with Gasteiger partial charge < -0.3 is 15.1 Å². The number of thiophene rings is 1. The molecular formula is C22H17N3O3S. The second kappa shape index (κ2) is 8.12. The molecule has 7 heteroatoms. The van der Waals surface area contributed by atoms with Gasteiger partial charge in [-0.15, -0.1) is 11.3 Å². The number of nitrogens with zero attached hydrogens (tertiary/aromatic N) is 1. The molecule has 0 aliphatic carbocycles. The Morgan fingerprint density at radius 2 is 1.59 bits per heavy atom. The molecule has 4 aromatic rings. The average Bonchev–Trinajstić information content (AvgIpc) is 3.42. The Morgan fingerprint density at radius 3 is 2.24 bits per heavy atom. The molecule has 0 bridgehead atoms. The number of hydrogen-bond acceptors (Lipinski definition) is 5. The maximum absolute atomic E-state index is 12.7. The predicted octanol–water partition coefficient (Wildman–Crippen LogP) is 5.22. The monoisotopic (exact) mass is 403 g/mol. The highest BCUT2D eigenvalue weighted by Gasteiger charge is 2.19. The van der Waals surface area contributed by atoms with E-state index in [1.165, 1.54) is 17.7 Å². The molecule has 4 rings (SSSR count). The molecule has 2 heterocycles. The zero-order valence-corrected chi connectivity index (χ0v) is 16.3. The number of nitrogens with one attached hydrogen (secondary N) is 2. The molecule has 0 radical (unpaired) electrons. The number of carbonyl (C=O) groups is 2. The van der Waals surface area contributed by atoms with Crippen molar-refractivity contribution in [1.82, 2.24) is 4.98 Å². The fourth-order valence-electron chi connectivity index (χ4n) is 2.85. The third-order valence-corrected chi connectivity index (χ3v) is 5.19. The molecule has 6 nitrogen and oxygen atoms in total. The molecule has 0 atom stereocenters. The van der Waals surface area contributed by atoms with Crippen LogP contribution in [0, 0.1) is 6.92 Å². The summed E-state index contributed by atoms with van der Waals surface area (Å²) in [5.74, 6) is -0.102. The Balaban J connectivity index is 1.47. The Labute approximate surface area is 171 Å². The highest BCUT2D eigenvalue weighted by atomic mass is 32.1. The van der Waals surface area contributed by atoms with Gasteiger partial charge in [-0.1, -0.05) is 30.3 Å². The molecule has 0 aliphatic rings. The summed E-state index contributed by atoms with van der Waals surface area (Å²) in [6.45, 7) is 1.95. The lowest BCUT2D eigenvalue weighted by molar-refractivity contribution is 0.101. The lowest BCUT2D eigenvalue weighted by Gasteiger charge is -2.08. The fourth-order valence-corrected chi connectivity index (χ4v) is 3.47. The molecule has 144 valence electrons. The maximum Gasteiger partial charge on any atom is 0.278 e. The molecule has 0 fully saturated rings. The van der Waals surface area contributed by atoms with Gasteiger partial charge in [0.25, 0.3) is 11.8 Å². The van der Waals surface area contributed by atoms with Crippen molar-refractivity contribution < 1.29 is 14.0 Å². The van der Waals surface area contributed by atoms with E-state index >= 15 is 0 Å². The van der Waals surface area contributed by atoms with Crippen molar-refractivity contribution in [2.45, 2.75) is 6.92 Å². The van der Waals surface area contributed by atoms with Gasteiger partial charge in [0.05, 0.1) is 4.88 Å². The van der Waals surface area contributed by atoms with Crippen molar-refractivity contribution in [1.29, 1.82) is 0 Å². The number of anilines is 2. The maximum atomic E-state index is 12.7. The van der Waals surface area contributed by atoms with Gasteiger partial charge in [0.2, 0.25) is 0 Å². The third-order valence-electron chi connectivity index (χ3n) is 4.32. The summed E-state index contributed by atoms with van der Waals surface area (Å²) in [6, 6.07) is 18.1. The smallest absolute Gasteiger partial charge is 0.278 e. The van der Waals surface area contributed by atoms with Crippen LogP contribution in [0.25, 0.3) is 11.3 Å². The van der Waals surface area contributed by atoms with Gasteiger partial charge in [-0.2, -0.15) is 0 Å². The normalized spacial score (nSPS) is 10.5. The number of aromatic nitrogens is 1. The highest BCUT2D eigenvalue weighted by molar-refractivity contribution is 7.12. The van der Waals surface area contributed by atoms with Crippen LogP contribution < -0.4 is 10.6 Å². The Bertz CT molecular complexity index is 1150. The van der Waals surface area contributed by atoms with Gasteiger partial charge in [0.1, 0.15) is 0 Å². The lowest BCUT2D eigenvalue weighted by Crippen LogP contribution is -2.14. The van der Waals surface area contributed by atoms with E-state index in [9.17, 15) is 9.59 Å². The second-order valence-electron chi connectivity index (χ2n) is 6.31. The topological polar surface area (TPSA) is 84.2 Å². The van der Waals surface area contributed by atoms with Crippen molar-refractivity contribution >= 4 is 34.5 Å². The van der Waals surface area contributed by atoms with Gasteiger partial charge >= 0.3 is 0 Å². The zero-order valence-electron chi connectivity index (χ0n) is 15.5. The summed E-state index contributed by atoms with van der Waals surface area (Å²) in [5, 5.41) is 7.48. The second-order valence-corrected chi connectivity index (χ2v) is 7.26. The first-order chi connectivity index (χ1) is 14.1. The van der Waals surface area contributed by atoms with Crippen LogP contribution in [0.3, 0.4) is 0 Å². The van der Waals surface area contributed by atoms with Crippen molar-refractivity contribution in [3.8, 4) is 11.3 Å². The van der Waals surface area contributed by atoms with Crippen LogP contribution in [0.4, 0.5) is 11.4 Å². The summed E-state index contributed by atoms with van der Waals surface area (Å²) in [6.07, 6.45) is 1.26. The minimum Gasteiger partial charge on any atom is -0.443 e. The van der Waals surface area contributed by atoms with Crippen LogP contribution in [0.5, 0.6) is 0 Å². The van der Waals surface area contributed by atoms with Gasteiger partial charge in [0, 0.05) is 16.9 Å². The first-order valence-corrected chi connectivity index (χ1v) is 9.75. The number of oxazole rings is 1. The SMILES string of the molecule is Cc1ccccc1-c1ocnc1C(=O)Nc1ccc(NC(=O)c2cccs2)cc1. The molecule has 0 aliphatic heterocycles. The third kappa shape index (κ3) is 4.09. The van der Waals surface area contributed by atoms with Crippen LogP contribution in [0.2, 0.25) is 0 Å². The molecule has 2 amide bonds. The number of hydrogen-bond donors (Lipinski definition) is 2. The highest BCUT2D eigenvalue weighted by Crippen LogP contribution is 2.27. The first kappa shape index (κ1) is 18.6. The number of benzene rings is 2. The number of aryl methyl sites for hydroxylation is 1. The quantitative estimate of drug-likeness (QED) is 0.479. The minimum atomic E-state index is -0.368. The van der Waals surface area contributed by atoms with E-state index < -0.39 is 0 Å². The van der Waals surface area contributed by atoms with Gasteiger partial charge in [0.15, 0.2) is 17.8 Å². The van der Waals surface area contributed by atoms with Crippen molar-refractivity contribution in [3.63, 3.8) is 0 Å². The average molecular weight is 403 g/mol. The molecular weight excluding hydrogens is 386 g/mol. The van der Waals surface area contributed by atoms with Crippen molar-refractivity contribution in [2.75, 3.05) is 10.6 Å². The van der Waals surface area contributed by atoms with Gasteiger partial charge in [-0.25, -0.2) is 4.98 Å². The molecule has 0 spiro atoms. The lowest BCUT2D eigenvalue weighted by atomic mass is 10.1. The van der Waals surface area contributed by atoms with Crippen molar-refractivity contribution in [2.24, 2.45) is 0 Å². The number of rotatable bonds is 5. The van der Waals surface area contributed by atoms with E-state index in [4.69, 9.17) is 4.42 Å². The number of carbonyl (C=O) groups excluding carboxylic acids is 2. The van der Waals surface area contributed by atoms with Gasteiger partial charge in [-0.3, -0.25) is 9.59 Å². The largest absolute Gasteiger partial charge is 0.443 e. The van der Waals surface area contributed by atoms with Crippen LogP contribution in [0.1, 0.15) is 25.7 Å². The summed E-state index contributed by atoms with van der Waals surface area (Å²) in [4.78, 5) is 29.5. The molecule has 29 heavy (non-hydrogen) atoms. The Morgan fingerprint density at radius 1 is 0.897 bits per heavy atom. The van der Waals surface area contributed by atoms with Crippen LogP contribution in [-0.4, -0.2) is 16.8 Å². The Hall–Kier alpha value is -3.71. The van der Waals surface area contributed by atoms with E-state index in [-0.39, 0.29) is 17.5 Å². The van der Waals surface area contributed by atoms with Gasteiger partial charge in [-0.05, 0) is 48.2 Å². The molecule has 2 aromatic carbocycles. The van der Waals surface area contributed by atoms with Crippen LogP contribution >= 0.6 is 11.3 Å². The zero-order chi connectivity index (χ0) is 20.2. The standard InChI is InChI=1S/C22H17N3O3S/c1-14-5-2-3-6-17(14)20-19(23-13-28-20)22(27)25-16-10-8-15(9-11-16)24-21(26)18-7-4-12-29-18/h2-13H,1H3,(H,24,26)(H,25,27). The summed E-state index contributed by atoms with van der Waals surface area (Å²) >= 11 is 1.38. The molecule has 0 saturated carbocycles. The Kier molecular flexibility index (Phi) is 5.22. The summed E-state index contributed by atoms with van der Waals surface area (Å²) in [5.41, 5.74) is 3.26. The molecule has 0 unspecified atom stereocenters. The first-order valence-electron chi connectivity index (χ1n) is 8.87. The van der Waals surface area contributed by atoms with E-state index in [1.807, 2.05) is 42.6 Å². The van der Waals surface area contributed by atoms with Crippen molar-refractivity contribution in [3.05, 3.63) is 88.6 Å². The predicted molar refractivity (Wildman–Crippen MR) is 113 cm³/mol. The minimum absolute atomic E-state index is 0.165. The van der Waals surface area contributed by atoms with Crippen LogP contribution in [0.15, 0.2) is 76.9 Å². The number of amides is 2. The van der Waals surface area contributed by atoms with E-state index in [2.05, 4.69) is 15.6 Å². The summed E-state index contributed by atoms with van der Waals surface area (Å²) in [7, 11) is 0. The molecule has 0 saturated heterocycles. The molecule has 2 aromatic heterocycles. The summed E-state index contributed by atoms with van der Waals surface area (Å²) < 4.78 is 5.47.